The first-order valence-electron chi connectivity index (χ1n) is 7.28. The number of aromatic nitrogens is 2. The molecule has 2 heterocycles. The van der Waals surface area contributed by atoms with Gasteiger partial charge in [-0.05, 0) is 34.6 Å². The van der Waals surface area contributed by atoms with Gasteiger partial charge in [0.1, 0.15) is 0 Å². The summed E-state index contributed by atoms with van der Waals surface area (Å²) >= 11 is 0. The summed E-state index contributed by atoms with van der Waals surface area (Å²) in [4.78, 5) is 2.44. The minimum Gasteiger partial charge on any atom is -0.367 e. The molecule has 2 atom stereocenters. The van der Waals surface area contributed by atoms with Gasteiger partial charge in [0, 0.05) is 37.9 Å². The lowest BCUT2D eigenvalue weighted by Crippen LogP contribution is -2.59. The van der Waals surface area contributed by atoms with Crippen molar-refractivity contribution in [1.82, 2.24) is 14.7 Å². The predicted molar refractivity (Wildman–Crippen MR) is 80.4 cm³/mol. The van der Waals surface area contributed by atoms with Crippen LogP contribution in [-0.4, -0.2) is 45.0 Å². The van der Waals surface area contributed by atoms with Crippen LogP contribution in [0.1, 0.15) is 46.2 Å². The molecule has 2 rings (SSSR count). The molecule has 1 fully saturated rings. The van der Waals surface area contributed by atoms with E-state index in [-0.39, 0.29) is 23.3 Å². The summed E-state index contributed by atoms with van der Waals surface area (Å²) in [7, 11) is 1.94. The fourth-order valence-corrected chi connectivity index (χ4v) is 3.48. The summed E-state index contributed by atoms with van der Waals surface area (Å²) in [5, 5.41) is 4.29. The average molecular weight is 280 g/mol. The lowest BCUT2D eigenvalue weighted by atomic mass is 9.93. The Kier molecular flexibility index (Phi) is 3.97. The van der Waals surface area contributed by atoms with Crippen molar-refractivity contribution in [3.63, 3.8) is 0 Å². The topological polar surface area (TPSA) is 56.3 Å². The summed E-state index contributed by atoms with van der Waals surface area (Å²) in [5.41, 5.74) is 7.10. The number of nitrogens with two attached hydrogens (primary N) is 1. The van der Waals surface area contributed by atoms with Crippen molar-refractivity contribution in [2.45, 2.75) is 57.9 Å². The molecule has 0 spiro atoms. The first-order valence-corrected chi connectivity index (χ1v) is 7.28. The van der Waals surface area contributed by atoms with Gasteiger partial charge >= 0.3 is 0 Å². The molecule has 1 aromatic rings. The molecular weight excluding hydrogens is 252 g/mol. The van der Waals surface area contributed by atoms with Gasteiger partial charge in [0.2, 0.25) is 0 Å². The van der Waals surface area contributed by atoms with Gasteiger partial charge in [-0.15, -0.1) is 0 Å². The molecule has 114 valence electrons. The van der Waals surface area contributed by atoms with Crippen molar-refractivity contribution in [3.8, 4) is 0 Å². The normalized spacial score (nSPS) is 25.4. The zero-order chi connectivity index (χ0) is 15.1. The van der Waals surface area contributed by atoms with Crippen LogP contribution in [0.2, 0.25) is 0 Å². The Hall–Kier alpha value is -0.910. The third-order valence-corrected chi connectivity index (χ3v) is 3.68. The molecule has 0 aliphatic carbocycles. The van der Waals surface area contributed by atoms with Crippen LogP contribution in [0, 0.1) is 0 Å². The SMILES string of the molecule is CC(N)C(c1cnn(C)c1)N1CC(C)(C)OC(C)(C)C1. The second-order valence-corrected chi connectivity index (χ2v) is 7.28. The van der Waals surface area contributed by atoms with E-state index < -0.39 is 0 Å². The molecule has 0 amide bonds. The van der Waals surface area contributed by atoms with E-state index in [9.17, 15) is 0 Å². The molecule has 0 bridgehead atoms. The second-order valence-electron chi connectivity index (χ2n) is 7.28. The Morgan fingerprint density at radius 3 is 2.20 bits per heavy atom. The van der Waals surface area contributed by atoms with Crippen LogP contribution in [0.25, 0.3) is 0 Å². The van der Waals surface area contributed by atoms with E-state index in [2.05, 4.69) is 50.8 Å². The highest BCUT2D eigenvalue weighted by molar-refractivity contribution is 5.14. The molecule has 2 unspecified atom stereocenters. The fraction of sp³-hybridized carbons (Fsp3) is 0.800. The Labute approximate surface area is 122 Å². The summed E-state index contributed by atoms with van der Waals surface area (Å²) in [6.07, 6.45) is 3.98. The summed E-state index contributed by atoms with van der Waals surface area (Å²) in [6, 6.07) is 0.218. The molecule has 1 aliphatic rings. The van der Waals surface area contributed by atoms with E-state index in [1.807, 2.05) is 17.9 Å². The Morgan fingerprint density at radius 1 is 1.25 bits per heavy atom. The predicted octanol–water partition coefficient (Wildman–Crippen LogP) is 1.70. The van der Waals surface area contributed by atoms with Crippen LogP contribution in [0.4, 0.5) is 0 Å². The maximum Gasteiger partial charge on any atom is 0.0761 e. The quantitative estimate of drug-likeness (QED) is 0.915. The molecule has 1 aromatic heterocycles. The zero-order valence-electron chi connectivity index (χ0n) is 13.6. The van der Waals surface area contributed by atoms with E-state index in [0.29, 0.717) is 0 Å². The molecule has 2 N–H and O–H groups in total. The van der Waals surface area contributed by atoms with Gasteiger partial charge in [0.25, 0.3) is 0 Å². The molecule has 20 heavy (non-hydrogen) atoms. The largest absolute Gasteiger partial charge is 0.367 e. The number of morpholine rings is 1. The average Bonchev–Trinajstić information content (AvgIpc) is 2.59. The second kappa shape index (κ2) is 5.13. The van der Waals surface area contributed by atoms with E-state index in [1.54, 1.807) is 0 Å². The number of ether oxygens (including phenoxy) is 1. The minimum atomic E-state index is -0.170. The summed E-state index contributed by atoms with van der Waals surface area (Å²) in [6.45, 7) is 12.4. The Bertz CT molecular complexity index is 448. The van der Waals surface area contributed by atoms with Crippen LogP contribution < -0.4 is 5.73 Å². The fourth-order valence-electron chi connectivity index (χ4n) is 3.48. The van der Waals surface area contributed by atoms with Crippen LogP contribution in [-0.2, 0) is 11.8 Å². The van der Waals surface area contributed by atoms with Gasteiger partial charge in [0.15, 0.2) is 0 Å². The van der Waals surface area contributed by atoms with Gasteiger partial charge in [-0.25, -0.2) is 0 Å². The van der Waals surface area contributed by atoms with Crippen LogP contribution in [0.3, 0.4) is 0 Å². The maximum absolute atomic E-state index is 6.27. The number of hydrogen-bond donors (Lipinski definition) is 1. The van der Waals surface area contributed by atoms with Crippen molar-refractivity contribution in [1.29, 1.82) is 0 Å². The monoisotopic (exact) mass is 280 g/mol. The lowest BCUT2D eigenvalue weighted by Gasteiger charge is -2.50. The van der Waals surface area contributed by atoms with Crippen molar-refractivity contribution in [2.24, 2.45) is 12.8 Å². The first-order chi connectivity index (χ1) is 9.10. The van der Waals surface area contributed by atoms with Crippen LogP contribution in [0.5, 0.6) is 0 Å². The Balaban J connectivity index is 2.30. The van der Waals surface area contributed by atoms with E-state index in [0.717, 1.165) is 13.1 Å². The van der Waals surface area contributed by atoms with E-state index >= 15 is 0 Å². The molecule has 1 saturated heterocycles. The minimum absolute atomic E-state index is 0.0453. The number of nitrogens with zero attached hydrogens (tertiary/aromatic N) is 3. The molecule has 0 radical (unpaired) electrons. The van der Waals surface area contributed by atoms with Crippen molar-refractivity contribution in [2.75, 3.05) is 13.1 Å². The number of rotatable bonds is 3. The zero-order valence-corrected chi connectivity index (χ0v) is 13.6. The lowest BCUT2D eigenvalue weighted by molar-refractivity contribution is -0.189. The third-order valence-electron chi connectivity index (χ3n) is 3.68. The van der Waals surface area contributed by atoms with Gasteiger partial charge < -0.3 is 10.5 Å². The van der Waals surface area contributed by atoms with E-state index in [4.69, 9.17) is 10.5 Å². The van der Waals surface area contributed by atoms with Crippen LogP contribution in [0.15, 0.2) is 12.4 Å². The molecular formula is C15H28N4O. The van der Waals surface area contributed by atoms with Crippen molar-refractivity contribution in [3.05, 3.63) is 18.0 Å². The van der Waals surface area contributed by atoms with E-state index in [1.165, 1.54) is 5.56 Å². The van der Waals surface area contributed by atoms with Crippen LogP contribution >= 0.6 is 0 Å². The Morgan fingerprint density at radius 2 is 1.80 bits per heavy atom. The standard InChI is InChI=1S/C15H28N4O/c1-11(16)13(12-7-17-18(6)8-12)19-9-14(2,3)20-15(4,5)10-19/h7-8,11,13H,9-10,16H2,1-6H3. The van der Waals surface area contributed by atoms with Gasteiger partial charge in [-0.1, -0.05) is 0 Å². The van der Waals surface area contributed by atoms with Gasteiger partial charge in [-0.2, -0.15) is 5.10 Å². The highest BCUT2D eigenvalue weighted by Gasteiger charge is 2.41. The van der Waals surface area contributed by atoms with Gasteiger partial charge in [0.05, 0.1) is 23.4 Å². The summed E-state index contributed by atoms with van der Waals surface area (Å²) < 4.78 is 7.99. The molecule has 5 heteroatoms. The molecule has 0 saturated carbocycles. The van der Waals surface area contributed by atoms with Crippen molar-refractivity contribution >= 4 is 0 Å². The smallest absolute Gasteiger partial charge is 0.0761 e. The molecule has 1 aliphatic heterocycles. The highest BCUT2D eigenvalue weighted by atomic mass is 16.5. The third kappa shape index (κ3) is 3.40. The molecule has 5 nitrogen and oxygen atoms in total. The summed E-state index contributed by atoms with van der Waals surface area (Å²) in [5.74, 6) is 0. The maximum atomic E-state index is 6.27. The highest BCUT2D eigenvalue weighted by Crippen LogP contribution is 2.34. The molecule has 0 aromatic carbocycles. The number of hydrogen-bond acceptors (Lipinski definition) is 4. The van der Waals surface area contributed by atoms with Crippen molar-refractivity contribution < 1.29 is 4.74 Å². The number of aryl methyl sites for hydroxylation is 1. The first kappa shape index (κ1) is 15.5. The van der Waals surface area contributed by atoms with Gasteiger partial charge in [-0.3, -0.25) is 9.58 Å².